The van der Waals surface area contributed by atoms with Crippen LogP contribution in [0.25, 0.3) is 0 Å². The number of hydrogen-bond acceptors (Lipinski definition) is 4. The van der Waals surface area contributed by atoms with Crippen molar-refractivity contribution in [3.8, 4) is 0 Å². The fourth-order valence-corrected chi connectivity index (χ4v) is 3.46. The van der Waals surface area contributed by atoms with E-state index in [-0.39, 0.29) is 41.9 Å². The second-order valence-corrected chi connectivity index (χ2v) is 7.12. The van der Waals surface area contributed by atoms with Gasteiger partial charge in [0.15, 0.2) is 5.96 Å². The van der Waals surface area contributed by atoms with Crippen LogP contribution < -0.4 is 5.32 Å². The molecule has 0 aromatic heterocycles. The number of hydrogen-bond donors (Lipinski definition) is 1. The second-order valence-electron chi connectivity index (χ2n) is 7.12. The summed E-state index contributed by atoms with van der Waals surface area (Å²) in [6.45, 7) is 7.42. The number of carbonyl (C=O) groups excluding carboxylic acids is 1. The molecule has 2 rings (SSSR count). The molecule has 28 heavy (non-hydrogen) atoms. The Morgan fingerprint density at radius 3 is 2.64 bits per heavy atom. The summed E-state index contributed by atoms with van der Waals surface area (Å²) in [7, 11) is 4.16. The Bertz CT molecular complexity index is 610. The molecule has 1 aromatic carbocycles. The average Bonchev–Trinajstić information content (AvgIpc) is 2.68. The van der Waals surface area contributed by atoms with Crippen molar-refractivity contribution in [1.82, 2.24) is 15.1 Å². The van der Waals surface area contributed by atoms with Gasteiger partial charge in [0.25, 0.3) is 0 Å². The van der Waals surface area contributed by atoms with Crippen LogP contribution in [0.1, 0.15) is 38.3 Å². The molecular formula is C21H35IN4O2. The van der Waals surface area contributed by atoms with Crippen molar-refractivity contribution in [2.24, 2.45) is 10.9 Å². The molecule has 1 saturated heterocycles. The van der Waals surface area contributed by atoms with E-state index in [0.717, 1.165) is 31.9 Å². The number of piperidine rings is 1. The minimum Gasteiger partial charge on any atom is -0.466 e. The van der Waals surface area contributed by atoms with E-state index in [9.17, 15) is 4.79 Å². The molecule has 1 N–H and O–H groups in total. The molecular weight excluding hydrogens is 467 g/mol. The van der Waals surface area contributed by atoms with Crippen LogP contribution >= 0.6 is 24.0 Å². The summed E-state index contributed by atoms with van der Waals surface area (Å²) in [6, 6.07) is 10.7. The Balaban J connectivity index is 0.00000392. The van der Waals surface area contributed by atoms with E-state index in [1.165, 1.54) is 5.56 Å². The first-order chi connectivity index (χ1) is 13.1. The zero-order chi connectivity index (χ0) is 19.6. The number of ether oxygens (including phenoxy) is 1. The second kappa shape index (κ2) is 13.0. The molecule has 7 heteroatoms. The maximum atomic E-state index is 12.1. The molecule has 6 nitrogen and oxygen atoms in total. The number of esters is 1. The Morgan fingerprint density at radius 1 is 1.32 bits per heavy atom. The summed E-state index contributed by atoms with van der Waals surface area (Å²) in [5, 5.41) is 3.39. The number of guanidine groups is 1. The van der Waals surface area contributed by atoms with Crippen LogP contribution in [0.15, 0.2) is 35.3 Å². The topological polar surface area (TPSA) is 57.2 Å². The zero-order valence-corrected chi connectivity index (χ0v) is 19.9. The van der Waals surface area contributed by atoms with Crippen molar-refractivity contribution < 1.29 is 9.53 Å². The van der Waals surface area contributed by atoms with Crippen molar-refractivity contribution in [3.63, 3.8) is 0 Å². The molecule has 0 bridgehead atoms. The van der Waals surface area contributed by atoms with Gasteiger partial charge in [0.1, 0.15) is 0 Å². The summed E-state index contributed by atoms with van der Waals surface area (Å²) < 4.78 is 5.22. The van der Waals surface area contributed by atoms with Crippen molar-refractivity contribution in [3.05, 3.63) is 35.9 Å². The minimum atomic E-state index is -0.0893. The Kier molecular flexibility index (Phi) is 11.4. The number of benzene rings is 1. The number of rotatable bonds is 7. The minimum absolute atomic E-state index is 0. The van der Waals surface area contributed by atoms with Crippen molar-refractivity contribution in [2.45, 2.75) is 32.7 Å². The molecule has 2 atom stereocenters. The molecule has 0 amide bonds. The van der Waals surface area contributed by atoms with Gasteiger partial charge in [-0.15, -0.1) is 24.0 Å². The van der Waals surface area contributed by atoms with Gasteiger partial charge in [-0.05, 0) is 46.3 Å². The van der Waals surface area contributed by atoms with E-state index in [1.807, 2.05) is 13.0 Å². The summed E-state index contributed by atoms with van der Waals surface area (Å²) in [5.74, 6) is 0.726. The van der Waals surface area contributed by atoms with Gasteiger partial charge in [-0.1, -0.05) is 30.3 Å². The Labute approximate surface area is 186 Å². The molecule has 0 radical (unpaired) electrons. The van der Waals surface area contributed by atoms with Gasteiger partial charge in [0.2, 0.25) is 0 Å². The molecule has 1 fully saturated rings. The Hall–Kier alpha value is -1.35. The molecule has 0 spiro atoms. The van der Waals surface area contributed by atoms with Crippen LogP contribution in [0.5, 0.6) is 0 Å². The Morgan fingerprint density at radius 2 is 2.04 bits per heavy atom. The highest BCUT2D eigenvalue weighted by Gasteiger charge is 2.28. The normalized spacial score (nSPS) is 18.4. The maximum absolute atomic E-state index is 12.1. The SMILES string of the molecule is CCNC(=NCC(c1ccccc1)N(C)C)N1CCCC(C(=O)OCC)C1.I. The molecule has 1 heterocycles. The van der Waals surface area contributed by atoms with Gasteiger partial charge < -0.3 is 19.9 Å². The average molecular weight is 502 g/mol. The van der Waals surface area contributed by atoms with Crippen LogP contribution in [0.4, 0.5) is 0 Å². The van der Waals surface area contributed by atoms with Crippen molar-refractivity contribution >= 4 is 35.9 Å². The van der Waals surface area contributed by atoms with Gasteiger partial charge in [-0.3, -0.25) is 9.79 Å². The number of aliphatic imine (C=N–C) groups is 1. The lowest BCUT2D eigenvalue weighted by atomic mass is 9.98. The van der Waals surface area contributed by atoms with E-state index in [1.54, 1.807) is 0 Å². The lowest BCUT2D eigenvalue weighted by Gasteiger charge is -2.34. The summed E-state index contributed by atoms with van der Waals surface area (Å²) in [4.78, 5) is 21.5. The molecule has 0 saturated carbocycles. The van der Waals surface area contributed by atoms with Gasteiger partial charge in [-0.25, -0.2) is 0 Å². The third-order valence-electron chi connectivity index (χ3n) is 4.90. The van der Waals surface area contributed by atoms with Crippen molar-refractivity contribution in [1.29, 1.82) is 0 Å². The standard InChI is InChI=1S/C21H34N4O2.HI/c1-5-22-21(25-14-10-13-18(16-25)20(26)27-6-2)23-15-19(24(3)4)17-11-8-7-9-12-17;/h7-9,11-12,18-19H,5-6,10,13-16H2,1-4H3,(H,22,23);1H. The predicted molar refractivity (Wildman–Crippen MR) is 125 cm³/mol. The molecule has 1 aliphatic rings. The molecule has 158 valence electrons. The quantitative estimate of drug-likeness (QED) is 0.269. The first-order valence-electron chi connectivity index (χ1n) is 9.98. The third kappa shape index (κ3) is 7.24. The van der Waals surface area contributed by atoms with Gasteiger partial charge >= 0.3 is 5.97 Å². The van der Waals surface area contributed by atoms with E-state index in [4.69, 9.17) is 9.73 Å². The lowest BCUT2D eigenvalue weighted by Crippen LogP contribution is -2.48. The largest absolute Gasteiger partial charge is 0.466 e. The number of likely N-dealkylation sites (tertiary alicyclic amines) is 1. The smallest absolute Gasteiger partial charge is 0.310 e. The van der Waals surface area contributed by atoms with Crippen molar-refractivity contribution in [2.75, 3.05) is 46.9 Å². The van der Waals surface area contributed by atoms with E-state index >= 15 is 0 Å². The van der Waals surface area contributed by atoms with Crippen LogP contribution in [-0.2, 0) is 9.53 Å². The molecule has 0 aliphatic carbocycles. The third-order valence-corrected chi connectivity index (χ3v) is 4.90. The number of halogens is 1. The fraction of sp³-hybridized carbons (Fsp3) is 0.619. The molecule has 1 aliphatic heterocycles. The number of carbonyl (C=O) groups is 1. The first kappa shape index (κ1) is 24.7. The first-order valence-corrected chi connectivity index (χ1v) is 9.98. The number of nitrogens with one attached hydrogen (secondary N) is 1. The van der Waals surface area contributed by atoms with Crippen LogP contribution in [-0.4, -0.2) is 68.6 Å². The highest BCUT2D eigenvalue weighted by Crippen LogP contribution is 2.20. The molecule has 2 unspecified atom stereocenters. The van der Waals surface area contributed by atoms with E-state index in [2.05, 4.69) is 60.4 Å². The highest BCUT2D eigenvalue weighted by atomic mass is 127. The molecule has 1 aromatic rings. The predicted octanol–water partition coefficient (Wildman–Crippen LogP) is 3.15. The van der Waals surface area contributed by atoms with Gasteiger partial charge in [0, 0.05) is 19.6 Å². The number of likely N-dealkylation sites (N-methyl/N-ethyl adjacent to an activating group) is 1. The van der Waals surface area contributed by atoms with Crippen LogP contribution in [0.3, 0.4) is 0 Å². The zero-order valence-electron chi connectivity index (χ0n) is 17.6. The monoisotopic (exact) mass is 502 g/mol. The number of nitrogens with zero attached hydrogens (tertiary/aromatic N) is 3. The fourth-order valence-electron chi connectivity index (χ4n) is 3.46. The lowest BCUT2D eigenvalue weighted by molar-refractivity contribution is -0.149. The van der Waals surface area contributed by atoms with E-state index in [0.29, 0.717) is 19.7 Å². The van der Waals surface area contributed by atoms with Crippen LogP contribution in [0, 0.1) is 5.92 Å². The summed E-state index contributed by atoms with van der Waals surface area (Å²) in [6.07, 6.45) is 1.86. The van der Waals surface area contributed by atoms with Gasteiger partial charge in [-0.2, -0.15) is 0 Å². The van der Waals surface area contributed by atoms with Gasteiger partial charge in [0.05, 0.1) is 25.1 Å². The summed E-state index contributed by atoms with van der Waals surface area (Å²) >= 11 is 0. The maximum Gasteiger partial charge on any atom is 0.310 e. The van der Waals surface area contributed by atoms with Crippen LogP contribution in [0.2, 0.25) is 0 Å². The highest BCUT2D eigenvalue weighted by molar-refractivity contribution is 14.0. The van der Waals surface area contributed by atoms with E-state index < -0.39 is 0 Å². The summed E-state index contributed by atoms with van der Waals surface area (Å²) in [5.41, 5.74) is 1.25.